The number of carbonyl (C=O) groups excluding carboxylic acids is 3. The molecular formula is C15H16O3. The lowest BCUT2D eigenvalue weighted by Crippen LogP contribution is -2.37. The van der Waals surface area contributed by atoms with E-state index in [4.69, 9.17) is 0 Å². The van der Waals surface area contributed by atoms with Gasteiger partial charge in [-0.25, -0.2) is 0 Å². The first kappa shape index (κ1) is 12.7. The second-order valence-corrected chi connectivity index (χ2v) is 4.75. The number of Topliss-reactive ketones (excluding diaryl/α,β-unsaturated/α-hetero) is 3. The van der Waals surface area contributed by atoms with Gasteiger partial charge < -0.3 is 0 Å². The molecule has 3 nitrogen and oxygen atoms in total. The summed E-state index contributed by atoms with van der Waals surface area (Å²) in [5.41, 5.74) is 0.855. The van der Waals surface area contributed by atoms with E-state index in [2.05, 4.69) is 0 Å². The van der Waals surface area contributed by atoms with Crippen molar-refractivity contribution < 1.29 is 14.4 Å². The number of benzene rings is 1. The van der Waals surface area contributed by atoms with Crippen LogP contribution in [0.15, 0.2) is 30.3 Å². The lowest BCUT2D eigenvalue weighted by Gasteiger charge is -2.21. The lowest BCUT2D eigenvalue weighted by molar-refractivity contribution is -0.142. The quantitative estimate of drug-likeness (QED) is 0.766. The van der Waals surface area contributed by atoms with Crippen LogP contribution >= 0.6 is 0 Å². The van der Waals surface area contributed by atoms with E-state index in [0.717, 1.165) is 5.56 Å². The third-order valence-corrected chi connectivity index (χ3v) is 3.50. The van der Waals surface area contributed by atoms with Crippen LogP contribution in [0, 0.1) is 5.92 Å². The molecule has 1 aliphatic rings. The topological polar surface area (TPSA) is 51.2 Å². The Labute approximate surface area is 106 Å². The molecule has 0 heterocycles. The molecule has 1 aromatic carbocycles. The molecule has 0 aromatic heterocycles. The summed E-state index contributed by atoms with van der Waals surface area (Å²) >= 11 is 0. The Balaban J connectivity index is 2.20. The first-order valence-electron chi connectivity index (χ1n) is 6.25. The average Bonchev–Trinajstić information content (AvgIpc) is 2.38. The molecule has 0 N–H and O–H groups in total. The van der Waals surface area contributed by atoms with Crippen molar-refractivity contribution in [1.82, 2.24) is 0 Å². The highest BCUT2D eigenvalue weighted by Gasteiger charge is 2.38. The molecule has 1 fully saturated rings. The second-order valence-electron chi connectivity index (χ2n) is 4.75. The summed E-state index contributed by atoms with van der Waals surface area (Å²) in [5, 5.41) is 0. The molecule has 1 aliphatic carbocycles. The summed E-state index contributed by atoms with van der Waals surface area (Å²) in [7, 11) is 0. The SMILES string of the molecule is CC(C(=O)C1C(=O)CCCC1=O)c1ccccc1. The molecule has 18 heavy (non-hydrogen) atoms. The van der Waals surface area contributed by atoms with E-state index < -0.39 is 11.8 Å². The van der Waals surface area contributed by atoms with Crippen molar-refractivity contribution in [3.8, 4) is 0 Å². The minimum Gasteiger partial charge on any atom is -0.298 e. The van der Waals surface area contributed by atoms with Crippen LogP contribution in [0.5, 0.6) is 0 Å². The zero-order valence-electron chi connectivity index (χ0n) is 10.4. The maximum atomic E-state index is 12.3. The standard InChI is InChI=1S/C15H16O3/c1-10(11-6-3-2-4-7-11)15(18)14-12(16)8-5-9-13(14)17/h2-4,6-7,10,14H,5,8-9H2,1H3. The van der Waals surface area contributed by atoms with E-state index in [1.165, 1.54) is 0 Å². The Kier molecular flexibility index (Phi) is 3.70. The molecule has 0 spiro atoms. The number of rotatable bonds is 3. The van der Waals surface area contributed by atoms with Gasteiger partial charge in [-0.15, -0.1) is 0 Å². The minimum absolute atomic E-state index is 0.209. The monoisotopic (exact) mass is 244 g/mol. The van der Waals surface area contributed by atoms with Crippen LogP contribution < -0.4 is 0 Å². The van der Waals surface area contributed by atoms with E-state index in [0.29, 0.717) is 19.3 Å². The molecule has 1 saturated carbocycles. The van der Waals surface area contributed by atoms with Crippen LogP contribution in [0.4, 0.5) is 0 Å². The van der Waals surface area contributed by atoms with Crippen LogP contribution in [-0.2, 0) is 14.4 Å². The second kappa shape index (κ2) is 5.25. The molecule has 0 radical (unpaired) electrons. The zero-order chi connectivity index (χ0) is 13.1. The van der Waals surface area contributed by atoms with Crippen molar-refractivity contribution in [2.45, 2.75) is 32.1 Å². The van der Waals surface area contributed by atoms with Gasteiger partial charge in [-0.05, 0) is 12.0 Å². The van der Waals surface area contributed by atoms with E-state index in [9.17, 15) is 14.4 Å². The first-order valence-corrected chi connectivity index (χ1v) is 6.25. The summed E-state index contributed by atoms with van der Waals surface area (Å²) < 4.78 is 0. The Morgan fingerprint density at radius 2 is 1.67 bits per heavy atom. The van der Waals surface area contributed by atoms with Crippen LogP contribution in [-0.4, -0.2) is 17.3 Å². The molecule has 94 valence electrons. The van der Waals surface area contributed by atoms with Gasteiger partial charge in [-0.3, -0.25) is 14.4 Å². The van der Waals surface area contributed by atoms with Gasteiger partial charge in [0, 0.05) is 18.8 Å². The maximum Gasteiger partial charge on any atom is 0.157 e. The highest BCUT2D eigenvalue weighted by Crippen LogP contribution is 2.25. The van der Waals surface area contributed by atoms with Crippen molar-refractivity contribution in [3.05, 3.63) is 35.9 Å². The zero-order valence-corrected chi connectivity index (χ0v) is 10.4. The van der Waals surface area contributed by atoms with Crippen molar-refractivity contribution in [3.63, 3.8) is 0 Å². The molecule has 1 aromatic rings. The first-order chi connectivity index (χ1) is 8.61. The van der Waals surface area contributed by atoms with Gasteiger partial charge in [0.05, 0.1) is 0 Å². The fraction of sp³-hybridized carbons (Fsp3) is 0.400. The molecule has 0 bridgehead atoms. The predicted octanol–water partition coefficient (Wildman–Crippen LogP) is 2.30. The Bertz CT molecular complexity index is 460. The van der Waals surface area contributed by atoms with Crippen molar-refractivity contribution in [1.29, 1.82) is 0 Å². The minimum atomic E-state index is -1.02. The largest absolute Gasteiger partial charge is 0.298 e. The number of hydrogen-bond acceptors (Lipinski definition) is 3. The Hall–Kier alpha value is -1.77. The van der Waals surface area contributed by atoms with Gasteiger partial charge in [0.25, 0.3) is 0 Å². The van der Waals surface area contributed by atoms with Crippen molar-refractivity contribution in [2.24, 2.45) is 5.92 Å². The van der Waals surface area contributed by atoms with E-state index in [1.807, 2.05) is 30.3 Å². The third-order valence-electron chi connectivity index (χ3n) is 3.50. The molecule has 1 unspecified atom stereocenters. The fourth-order valence-electron chi connectivity index (χ4n) is 2.38. The molecular weight excluding hydrogens is 228 g/mol. The Morgan fingerprint density at radius 1 is 1.11 bits per heavy atom. The summed E-state index contributed by atoms with van der Waals surface area (Å²) in [6, 6.07) is 9.27. The molecule has 2 rings (SSSR count). The molecule has 0 saturated heterocycles. The lowest BCUT2D eigenvalue weighted by atomic mass is 9.78. The fourth-order valence-corrected chi connectivity index (χ4v) is 2.38. The number of carbonyl (C=O) groups is 3. The van der Waals surface area contributed by atoms with E-state index >= 15 is 0 Å². The van der Waals surface area contributed by atoms with Gasteiger partial charge in [0.2, 0.25) is 0 Å². The highest BCUT2D eigenvalue weighted by atomic mass is 16.2. The summed E-state index contributed by atoms with van der Waals surface area (Å²) in [4.78, 5) is 35.8. The summed E-state index contributed by atoms with van der Waals surface area (Å²) in [5.74, 6) is -2.09. The maximum absolute atomic E-state index is 12.3. The number of hydrogen-bond donors (Lipinski definition) is 0. The number of ketones is 3. The van der Waals surface area contributed by atoms with Crippen molar-refractivity contribution >= 4 is 17.3 Å². The van der Waals surface area contributed by atoms with Crippen molar-refractivity contribution in [2.75, 3.05) is 0 Å². The van der Waals surface area contributed by atoms with Crippen LogP contribution in [0.25, 0.3) is 0 Å². The molecule has 3 heteroatoms. The van der Waals surface area contributed by atoms with E-state index in [-0.39, 0.29) is 17.3 Å². The Morgan fingerprint density at radius 3 is 2.22 bits per heavy atom. The summed E-state index contributed by atoms with van der Waals surface area (Å²) in [6.07, 6.45) is 1.29. The molecule has 1 atom stereocenters. The van der Waals surface area contributed by atoms with Crippen LogP contribution in [0.1, 0.15) is 37.7 Å². The molecule has 0 amide bonds. The smallest absolute Gasteiger partial charge is 0.157 e. The molecule has 0 aliphatic heterocycles. The third kappa shape index (κ3) is 2.40. The van der Waals surface area contributed by atoms with Crippen LogP contribution in [0.3, 0.4) is 0 Å². The van der Waals surface area contributed by atoms with Gasteiger partial charge in [0.1, 0.15) is 5.92 Å². The summed E-state index contributed by atoms with van der Waals surface area (Å²) in [6.45, 7) is 1.76. The van der Waals surface area contributed by atoms with Gasteiger partial charge in [-0.1, -0.05) is 37.3 Å². The van der Waals surface area contributed by atoms with E-state index in [1.54, 1.807) is 6.92 Å². The van der Waals surface area contributed by atoms with Gasteiger partial charge in [0.15, 0.2) is 17.3 Å². The highest BCUT2D eigenvalue weighted by molar-refractivity contribution is 6.21. The average molecular weight is 244 g/mol. The van der Waals surface area contributed by atoms with Gasteiger partial charge in [-0.2, -0.15) is 0 Å². The normalized spacial score (nSPS) is 18.7. The van der Waals surface area contributed by atoms with Gasteiger partial charge >= 0.3 is 0 Å². The predicted molar refractivity (Wildman–Crippen MR) is 67.2 cm³/mol. The van der Waals surface area contributed by atoms with Crippen LogP contribution in [0.2, 0.25) is 0 Å².